The van der Waals surface area contributed by atoms with Gasteiger partial charge in [-0.3, -0.25) is 4.79 Å². The molecule has 1 heterocycles. The first kappa shape index (κ1) is 19.2. The van der Waals surface area contributed by atoms with Gasteiger partial charge in [0.25, 0.3) is 0 Å². The maximum atomic E-state index is 11.4. The predicted octanol–water partition coefficient (Wildman–Crippen LogP) is 6.88. The van der Waals surface area contributed by atoms with Crippen LogP contribution >= 0.6 is 0 Å². The van der Waals surface area contributed by atoms with E-state index in [4.69, 9.17) is 4.42 Å². The number of carbonyl (C=O) groups is 1. The summed E-state index contributed by atoms with van der Waals surface area (Å²) >= 11 is 0. The van der Waals surface area contributed by atoms with E-state index in [-0.39, 0.29) is 0 Å². The molecule has 1 aromatic heterocycles. The van der Waals surface area contributed by atoms with E-state index >= 15 is 0 Å². The topological polar surface area (TPSA) is 30.2 Å². The molecule has 0 radical (unpaired) electrons. The van der Waals surface area contributed by atoms with Crippen LogP contribution in [0.1, 0.15) is 60.2 Å². The van der Waals surface area contributed by atoms with Gasteiger partial charge in [0.05, 0.1) is 6.26 Å². The second-order valence-electron chi connectivity index (χ2n) is 7.06. The Morgan fingerprint density at radius 3 is 2.07 bits per heavy atom. The van der Waals surface area contributed by atoms with E-state index in [2.05, 4.69) is 30.3 Å². The lowest BCUT2D eigenvalue weighted by molar-refractivity contribution is 0.112. The molecule has 0 saturated heterocycles. The molecule has 140 valence electrons. The summed E-state index contributed by atoms with van der Waals surface area (Å²) in [6.45, 7) is 0. The fourth-order valence-corrected chi connectivity index (χ4v) is 3.62. The second kappa shape index (κ2) is 10.5. The van der Waals surface area contributed by atoms with E-state index in [0.29, 0.717) is 0 Å². The molecule has 0 aliphatic rings. The molecule has 3 aromatic rings. The number of aryl methyl sites for hydroxylation is 2. The summed E-state index contributed by atoms with van der Waals surface area (Å²) in [7, 11) is 0. The third-order valence-electron chi connectivity index (χ3n) is 5.09. The van der Waals surface area contributed by atoms with Gasteiger partial charge in [0.2, 0.25) is 0 Å². The van der Waals surface area contributed by atoms with Crippen molar-refractivity contribution in [1.82, 2.24) is 0 Å². The Morgan fingerprint density at radius 1 is 0.667 bits per heavy atom. The number of carbonyl (C=O) groups excluding carboxylic acids is 1. The van der Waals surface area contributed by atoms with Gasteiger partial charge in [-0.1, -0.05) is 74.2 Å². The lowest BCUT2D eigenvalue weighted by atomic mass is 9.93. The number of aldehydes is 1. The lowest BCUT2D eigenvalue weighted by Gasteiger charge is -2.11. The quantitative estimate of drug-likeness (QED) is 0.275. The Hall–Kier alpha value is -2.61. The number of rotatable bonds is 11. The molecule has 0 amide bonds. The number of unbranched alkanes of at least 4 members (excludes halogenated alkanes) is 5. The summed E-state index contributed by atoms with van der Waals surface area (Å²) in [6, 6.07) is 20.3. The van der Waals surface area contributed by atoms with Crippen molar-refractivity contribution in [3.05, 3.63) is 83.8 Å². The summed E-state index contributed by atoms with van der Waals surface area (Å²) in [6.07, 6.45) is 12.3. The van der Waals surface area contributed by atoms with Crippen molar-refractivity contribution in [3.8, 4) is 11.1 Å². The minimum Gasteiger partial charge on any atom is -0.469 e. The molecule has 0 bridgehead atoms. The normalized spacial score (nSPS) is 10.8. The SMILES string of the molecule is O=Cc1ccccc1-c1ccccc1CCCCCCCCc1ccco1. The molecule has 0 N–H and O–H groups in total. The van der Waals surface area contributed by atoms with Gasteiger partial charge in [-0.15, -0.1) is 0 Å². The van der Waals surface area contributed by atoms with Crippen LogP contribution in [0, 0.1) is 0 Å². The number of benzene rings is 2. The van der Waals surface area contributed by atoms with E-state index in [1.807, 2.05) is 30.3 Å². The van der Waals surface area contributed by atoms with Gasteiger partial charge in [-0.05, 0) is 48.1 Å². The van der Waals surface area contributed by atoms with Crippen LogP contribution in [0.15, 0.2) is 71.3 Å². The van der Waals surface area contributed by atoms with Crippen LogP contribution in [-0.4, -0.2) is 6.29 Å². The molecule has 0 fully saturated rings. The van der Waals surface area contributed by atoms with Crippen molar-refractivity contribution in [2.45, 2.75) is 51.4 Å². The molecule has 0 atom stereocenters. The van der Waals surface area contributed by atoms with Gasteiger partial charge >= 0.3 is 0 Å². The van der Waals surface area contributed by atoms with Crippen molar-refractivity contribution in [3.63, 3.8) is 0 Å². The first-order valence-corrected chi connectivity index (χ1v) is 10.0. The fraction of sp³-hybridized carbons (Fsp3) is 0.320. The maximum Gasteiger partial charge on any atom is 0.150 e. The summed E-state index contributed by atoms with van der Waals surface area (Å²) in [5.41, 5.74) is 4.34. The molecule has 2 aromatic carbocycles. The van der Waals surface area contributed by atoms with Crippen LogP contribution in [0.4, 0.5) is 0 Å². The zero-order valence-corrected chi connectivity index (χ0v) is 15.9. The van der Waals surface area contributed by atoms with Crippen molar-refractivity contribution >= 4 is 6.29 Å². The van der Waals surface area contributed by atoms with Crippen LogP contribution in [-0.2, 0) is 12.8 Å². The highest BCUT2D eigenvalue weighted by Crippen LogP contribution is 2.27. The van der Waals surface area contributed by atoms with Gasteiger partial charge in [-0.25, -0.2) is 0 Å². The Labute approximate surface area is 162 Å². The molecule has 27 heavy (non-hydrogen) atoms. The highest BCUT2D eigenvalue weighted by atomic mass is 16.3. The van der Waals surface area contributed by atoms with Gasteiger partial charge in [-0.2, -0.15) is 0 Å². The first-order valence-electron chi connectivity index (χ1n) is 10.0. The smallest absolute Gasteiger partial charge is 0.150 e. The minimum atomic E-state index is 0.765. The van der Waals surface area contributed by atoms with Crippen molar-refractivity contribution in [1.29, 1.82) is 0 Å². The molecule has 0 aliphatic heterocycles. The molecule has 2 nitrogen and oxygen atoms in total. The highest BCUT2D eigenvalue weighted by Gasteiger charge is 2.08. The average molecular weight is 360 g/mol. The number of hydrogen-bond donors (Lipinski definition) is 0. The summed E-state index contributed by atoms with van der Waals surface area (Å²) in [5, 5.41) is 0. The van der Waals surface area contributed by atoms with E-state index in [0.717, 1.165) is 36.0 Å². The molecular formula is C25H28O2. The molecule has 0 spiro atoms. The van der Waals surface area contributed by atoms with Crippen molar-refractivity contribution in [2.75, 3.05) is 0 Å². The lowest BCUT2D eigenvalue weighted by Crippen LogP contribution is -1.94. The molecule has 3 rings (SSSR count). The molecule has 0 saturated carbocycles. The van der Waals surface area contributed by atoms with Gasteiger partial charge in [0.1, 0.15) is 5.76 Å². The van der Waals surface area contributed by atoms with Crippen LogP contribution in [0.3, 0.4) is 0 Å². The van der Waals surface area contributed by atoms with Crippen LogP contribution < -0.4 is 0 Å². The Bertz CT molecular complexity index is 818. The van der Waals surface area contributed by atoms with Crippen molar-refractivity contribution in [2.24, 2.45) is 0 Å². The summed E-state index contributed by atoms with van der Waals surface area (Å²) < 4.78 is 5.37. The second-order valence-corrected chi connectivity index (χ2v) is 7.06. The highest BCUT2D eigenvalue weighted by molar-refractivity contribution is 5.88. The molecule has 2 heteroatoms. The fourth-order valence-electron chi connectivity index (χ4n) is 3.62. The van der Waals surface area contributed by atoms with E-state index < -0.39 is 0 Å². The monoisotopic (exact) mass is 360 g/mol. The van der Waals surface area contributed by atoms with E-state index in [1.165, 1.54) is 49.7 Å². The Balaban J connectivity index is 1.43. The zero-order chi connectivity index (χ0) is 18.7. The summed E-state index contributed by atoms with van der Waals surface area (Å²) in [4.78, 5) is 11.4. The zero-order valence-electron chi connectivity index (χ0n) is 15.9. The molecular weight excluding hydrogens is 332 g/mol. The number of furan rings is 1. The van der Waals surface area contributed by atoms with Crippen LogP contribution in [0.2, 0.25) is 0 Å². The van der Waals surface area contributed by atoms with Crippen molar-refractivity contribution < 1.29 is 9.21 Å². The first-order chi connectivity index (χ1) is 13.4. The van der Waals surface area contributed by atoms with Gasteiger partial charge in [0.15, 0.2) is 6.29 Å². The summed E-state index contributed by atoms with van der Waals surface area (Å²) in [5.74, 6) is 1.10. The average Bonchev–Trinajstić information content (AvgIpc) is 3.24. The maximum absolute atomic E-state index is 11.4. The van der Waals surface area contributed by atoms with E-state index in [9.17, 15) is 4.79 Å². The standard InChI is InChI=1S/C25H28O2/c26-20-22-14-8-10-18-25(22)24-17-9-7-13-21(24)12-5-3-1-2-4-6-15-23-16-11-19-27-23/h7-11,13-14,16-20H,1-6,12,15H2. The third-order valence-corrected chi connectivity index (χ3v) is 5.09. The largest absolute Gasteiger partial charge is 0.469 e. The van der Waals surface area contributed by atoms with Gasteiger partial charge < -0.3 is 4.42 Å². The van der Waals surface area contributed by atoms with Crippen LogP contribution in [0.25, 0.3) is 11.1 Å². The van der Waals surface area contributed by atoms with Crippen LogP contribution in [0.5, 0.6) is 0 Å². The Kier molecular flexibility index (Phi) is 7.46. The Morgan fingerprint density at radius 2 is 1.33 bits per heavy atom. The van der Waals surface area contributed by atoms with Gasteiger partial charge in [0, 0.05) is 12.0 Å². The molecule has 0 unspecified atom stereocenters. The molecule has 0 aliphatic carbocycles. The van der Waals surface area contributed by atoms with E-state index in [1.54, 1.807) is 6.26 Å². The predicted molar refractivity (Wildman–Crippen MR) is 111 cm³/mol. The minimum absolute atomic E-state index is 0.765. The number of hydrogen-bond acceptors (Lipinski definition) is 2. The third kappa shape index (κ3) is 5.68.